The molecule has 23 heavy (non-hydrogen) atoms. The number of carbonyl (C=O) groups is 1. The number of likely N-dealkylation sites (N-methyl/N-ethyl adjacent to an activating group) is 1. The molecule has 0 aliphatic carbocycles. The summed E-state index contributed by atoms with van der Waals surface area (Å²) in [5, 5.41) is 7.10. The maximum absolute atomic E-state index is 12.2. The van der Waals surface area contributed by atoms with Crippen LogP contribution in [-0.2, 0) is 11.3 Å². The van der Waals surface area contributed by atoms with Gasteiger partial charge >= 0.3 is 0 Å². The second-order valence-corrected chi connectivity index (χ2v) is 6.07. The molecule has 6 heteroatoms. The second kappa shape index (κ2) is 7.87. The van der Waals surface area contributed by atoms with Gasteiger partial charge in [0.05, 0.1) is 6.54 Å². The highest BCUT2D eigenvalue weighted by atomic mass is 16.2. The Bertz CT molecular complexity index is 628. The van der Waals surface area contributed by atoms with E-state index in [9.17, 15) is 4.79 Å². The summed E-state index contributed by atoms with van der Waals surface area (Å²) in [6.07, 6.45) is 4.16. The van der Waals surface area contributed by atoms with Gasteiger partial charge in [-0.15, -0.1) is 0 Å². The Morgan fingerprint density at radius 1 is 1.26 bits per heavy atom. The van der Waals surface area contributed by atoms with E-state index in [4.69, 9.17) is 0 Å². The number of anilines is 1. The van der Waals surface area contributed by atoms with Crippen molar-refractivity contribution in [2.24, 2.45) is 0 Å². The highest BCUT2D eigenvalue weighted by Gasteiger charge is 2.10. The highest BCUT2D eigenvalue weighted by Crippen LogP contribution is 2.21. The van der Waals surface area contributed by atoms with Gasteiger partial charge in [0.1, 0.15) is 12.7 Å². The van der Waals surface area contributed by atoms with E-state index in [1.165, 1.54) is 11.9 Å². The Kier molecular flexibility index (Phi) is 5.87. The average molecular weight is 315 g/mol. The summed E-state index contributed by atoms with van der Waals surface area (Å²) in [7, 11) is 1.95. The van der Waals surface area contributed by atoms with E-state index < -0.39 is 0 Å². The number of hydrogen-bond donors (Lipinski definition) is 1. The molecule has 1 N–H and O–H groups in total. The predicted octanol–water partition coefficient (Wildman–Crippen LogP) is 2.16. The van der Waals surface area contributed by atoms with Crippen molar-refractivity contribution in [1.82, 2.24) is 19.7 Å². The van der Waals surface area contributed by atoms with E-state index in [0.29, 0.717) is 6.54 Å². The summed E-state index contributed by atoms with van der Waals surface area (Å²) in [6.45, 7) is 8.13. The fourth-order valence-electron chi connectivity index (χ4n) is 2.73. The van der Waals surface area contributed by atoms with E-state index in [2.05, 4.69) is 34.5 Å². The van der Waals surface area contributed by atoms with Gasteiger partial charge in [-0.2, -0.15) is 5.10 Å². The SMILES string of the molecule is Cc1cc(C)c(NC(=O)CN(C)CCCn2cncn2)c(C)c1. The molecule has 0 bridgehead atoms. The minimum absolute atomic E-state index is 0.0170. The number of aromatic nitrogens is 3. The lowest BCUT2D eigenvalue weighted by Crippen LogP contribution is -2.31. The fraction of sp³-hybridized carbons (Fsp3) is 0.471. The number of nitrogens with one attached hydrogen (secondary N) is 1. The highest BCUT2D eigenvalue weighted by molar-refractivity contribution is 5.93. The zero-order chi connectivity index (χ0) is 16.8. The van der Waals surface area contributed by atoms with Gasteiger partial charge < -0.3 is 5.32 Å². The predicted molar refractivity (Wildman–Crippen MR) is 91.4 cm³/mol. The summed E-state index contributed by atoms with van der Waals surface area (Å²) in [5.74, 6) is 0.0170. The monoisotopic (exact) mass is 315 g/mol. The van der Waals surface area contributed by atoms with Crippen LogP contribution >= 0.6 is 0 Å². The van der Waals surface area contributed by atoms with Gasteiger partial charge in [-0.05, 0) is 45.4 Å². The van der Waals surface area contributed by atoms with Gasteiger partial charge in [0, 0.05) is 18.8 Å². The molecule has 2 rings (SSSR count). The molecular formula is C17H25N5O. The zero-order valence-electron chi connectivity index (χ0n) is 14.3. The molecule has 1 aromatic heterocycles. The van der Waals surface area contributed by atoms with Crippen LogP contribution < -0.4 is 5.32 Å². The number of rotatable bonds is 7. The van der Waals surface area contributed by atoms with E-state index in [0.717, 1.165) is 36.3 Å². The Balaban J connectivity index is 1.80. The molecule has 0 fully saturated rings. The van der Waals surface area contributed by atoms with E-state index >= 15 is 0 Å². The number of hydrogen-bond acceptors (Lipinski definition) is 4. The van der Waals surface area contributed by atoms with Crippen molar-refractivity contribution in [3.8, 4) is 0 Å². The Morgan fingerprint density at radius 3 is 2.57 bits per heavy atom. The summed E-state index contributed by atoms with van der Waals surface area (Å²) in [5.41, 5.74) is 4.34. The molecule has 0 atom stereocenters. The van der Waals surface area contributed by atoms with Crippen molar-refractivity contribution in [1.29, 1.82) is 0 Å². The van der Waals surface area contributed by atoms with Crippen LogP contribution in [0, 0.1) is 20.8 Å². The van der Waals surface area contributed by atoms with Crippen molar-refractivity contribution in [2.75, 3.05) is 25.5 Å². The summed E-state index contributed by atoms with van der Waals surface area (Å²) in [4.78, 5) is 18.2. The quantitative estimate of drug-likeness (QED) is 0.850. The van der Waals surface area contributed by atoms with Gasteiger partial charge in [-0.3, -0.25) is 14.4 Å². The first-order chi connectivity index (χ1) is 11.0. The third kappa shape index (κ3) is 5.17. The van der Waals surface area contributed by atoms with E-state index in [-0.39, 0.29) is 5.91 Å². The van der Waals surface area contributed by atoms with Crippen LogP contribution in [-0.4, -0.2) is 45.7 Å². The first kappa shape index (κ1) is 17.1. The van der Waals surface area contributed by atoms with Gasteiger partial charge in [0.2, 0.25) is 5.91 Å². The van der Waals surface area contributed by atoms with Crippen LogP contribution in [0.4, 0.5) is 5.69 Å². The zero-order valence-corrected chi connectivity index (χ0v) is 14.3. The number of amides is 1. The van der Waals surface area contributed by atoms with Gasteiger partial charge in [0.15, 0.2) is 0 Å². The largest absolute Gasteiger partial charge is 0.324 e. The summed E-state index contributed by atoms with van der Waals surface area (Å²) in [6, 6.07) is 4.18. The number of nitrogens with zero attached hydrogens (tertiary/aromatic N) is 4. The molecule has 1 amide bonds. The molecule has 0 saturated carbocycles. The van der Waals surface area contributed by atoms with Crippen molar-refractivity contribution in [2.45, 2.75) is 33.7 Å². The van der Waals surface area contributed by atoms with Gasteiger partial charge in [-0.25, -0.2) is 4.98 Å². The molecule has 0 spiro atoms. The maximum Gasteiger partial charge on any atom is 0.238 e. The third-order valence-electron chi connectivity index (χ3n) is 3.75. The topological polar surface area (TPSA) is 63.1 Å². The van der Waals surface area contributed by atoms with Crippen molar-refractivity contribution in [3.05, 3.63) is 41.5 Å². The Labute approximate surface area is 137 Å². The van der Waals surface area contributed by atoms with Gasteiger partial charge in [0.25, 0.3) is 0 Å². The first-order valence-electron chi connectivity index (χ1n) is 7.84. The molecule has 1 aromatic carbocycles. The van der Waals surface area contributed by atoms with Crippen molar-refractivity contribution < 1.29 is 4.79 Å². The van der Waals surface area contributed by atoms with Crippen molar-refractivity contribution in [3.63, 3.8) is 0 Å². The number of carbonyl (C=O) groups excluding carboxylic acids is 1. The smallest absolute Gasteiger partial charge is 0.238 e. The second-order valence-electron chi connectivity index (χ2n) is 6.07. The molecule has 6 nitrogen and oxygen atoms in total. The minimum atomic E-state index is 0.0170. The van der Waals surface area contributed by atoms with Crippen LogP contribution in [0.25, 0.3) is 0 Å². The lowest BCUT2D eigenvalue weighted by atomic mass is 10.1. The normalized spacial score (nSPS) is 11.0. The molecule has 0 unspecified atom stereocenters. The maximum atomic E-state index is 12.2. The van der Waals surface area contributed by atoms with Gasteiger partial charge in [-0.1, -0.05) is 17.7 Å². The molecule has 1 heterocycles. The molecule has 124 valence electrons. The summed E-state index contributed by atoms with van der Waals surface area (Å²) < 4.78 is 1.80. The van der Waals surface area contributed by atoms with Crippen LogP contribution in [0.15, 0.2) is 24.8 Å². The average Bonchev–Trinajstić information content (AvgIpc) is 2.96. The van der Waals surface area contributed by atoms with Crippen LogP contribution in [0.2, 0.25) is 0 Å². The number of benzene rings is 1. The lowest BCUT2D eigenvalue weighted by molar-refractivity contribution is -0.117. The molecule has 0 saturated heterocycles. The van der Waals surface area contributed by atoms with Crippen LogP contribution in [0.3, 0.4) is 0 Å². The fourth-order valence-corrected chi connectivity index (χ4v) is 2.73. The molecule has 2 aromatic rings. The Hall–Kier alpha value is -2.21. The van der Waals surface area contributed by atoms with Crippen LogP contribution in [0.5, 0.6) is 0 Å². The molecule has 0 radical (unpaired) electrons. The third-order valence-corrected chi connectivity index (χ3v) is 3.75. The minimum Gasteiger partial charge on any atom is -0.324 e. The van der Waals surface area contributed by atoms with Crippen molar-refractivity contribution >= 4 is 11.6 Å². The lowest BCUT2D eigenvalue weighted by Gasteiger charge is -2.18. The standard InChI is InChI=1S/C17H25N5O/c1-13-8-14(2)17(15(3)9-13)20-16(23)10-21(4)6-5-7-22-12-18-11-19-22/h8-9,11-12H,5-7,10H2,1-4H3,(H,20,23). The summed E-state index contributed by atoms with van der Waals surface area (Å²) >= 11 is 0. The molecule has 0 aliphatic heterocycles. The van der Waals surface area contributed by atoms with E-state index in [1.807, 2.05) is 25.8 Å². The number of aryl methyl sites for hydroxylation is 4. The first-order valence-corrected chi connectivity index (χ1v) is 7.84. The van der Waals surface area contributed by atoms with Crippen LogP contribution in [0.1, 0.15) is 23.1 Å². The molecular weight excluding hydrogens is 290 g/mol. The Morgan fingerprint density at radius 2 is 1.96 bits per heavy atom. The molecule has 0 aliphatic rings. The van der Waals surface area contributed by atoms with E-state index in [1.54, 1.807) is 11.0 Å².